The maximum atomic E-state index is 6.47. The number of nitrogens with zero attached hydrogens (tertiary/aromatic N) is 1. The Kier molecular flexibility index (Phi) is 4.45. The van der Waals surface area contributed by atoms with Crippen LogP contribution in [0.5, 0.6) is 5.75 Å². The first kappa shape index (κ1) is 17.8. The second kappa shape index (κ2) is 7.26. The highest BCUT2D eigenvalue weighted by molar-refractivity contribution is 6.32. The number of aryl methyl sites for hydroxylation is 1. The van der Waals surface area contributed by atoms with Gasteiger partial charge in [0.05, 0.1) is 16.7 Å². The lowest BCUT2D eigenvalue weighted by Gasteiger charge is -2.09. The first-order chi connectivity index (χ1) is 14.2. The Labute approximate surface area is 173 Å². The minimum Gasteiger partial charge on any atom is -0.489 e. The molecule has 0 aliphatic rings. The van der Waals surface area contributed by atoms with Gasteiger partial charge in [0.2, 0.25) is 0 Å². The van der Waals surface area contributed by atoms with E-state index in [-0.39, 0.29) is 0 Å². The molecule has 4 heteroatoms. The molecule has 0 unspecified atom stereocenters. The molecule has 0 aliphatic carbocycles. The van der Waals surface area contributed by atoms with Crippen molar-refractivity contribution in [2.75, 3.05) is 0 Å². The number of aromatic nitrogens is 2. The normalized spacial score (nSPS) is 11.2. The van der Waals surface area contributed by atoms with Crippen LogP contribution in [0.4, 0.5) is 0 Å². The minimum atomic E-state index is 0.551. The molecular formula is C25H19ClN2O. The standard InChI is InChI=1S/C25H19ClN2O/c1-16-24-21(11-12-27-16)23-14-19(26)13-22(25(23)28-24)18-7-9-20(10-8-18)29-15-17-5-3-2-4-6-17/h2-14,28H,15H2,1H3. The van der Waals surface area contributed by atoms with E-state index in [9.17, 15) is 0 Å². The van der Waals surface area contributed by atoms with Gasteiger partial charge in [-0.25, -0.2) is 0 Å². The summed E-state index contributed by atoms with van der Waals surface area (Å²) >= 11 is 6.47. The number of ether oxygens (including phenoxy) is 1. The van der Waals surface area contributed by atoms with E-state index in [1.54, 1.807) is 0 Å². The molecule has 29 heavy (non-hydrogen) atoms. The van der Waals surface area contributed by atoms with Crippen molar-refractivity contribution >= 4 is 33.4 Å². The molecule has 0 fully saturated rings. The van der Waals surface area contributed by atoms with Gasteiger partial charge in [-0.3, -0.25) is 4.98 Å². The molecule has 0 spiro atoms. The average Bonchev–Trinajstić information content (AvgIpc) is 3.13. The van der Waals surface area contributed by atoms with Crippen LogP contribution in [0, 0.1) is 6.92 Å². The molecule has 0 aliphatic heterocycles. The molecular weight excluding hydrogens is 380 g/mol. The Hall–Kier alpha value is -3.30. The van der Waals surface area contributed by atoms with E-state index in [0.717, 1.165) is 49.9 Å². The van der Waals surface area contributed by atoms with E-state index in [1.165, 1.54) is 0 Å². The molecule has 0 bridgehead atoms. The third-order valence-corrected chi connectivity index (χ3v) is 5.42. The highest BCUT2D eigenvalue weighted by atomic mass is 35.5. The quantitative estimate of drug-likeness (QED) is 0.356. The zero-order valence-electron chi connectivity index (χ0n) is 15.9. The van der Waals surface area contributed by atoms with Crippen LogP contribution < -0.4 is 4.74 Å². The van der Waals surface area contributed by atoms with E-state index >= 15 is 0 Å². The van der Waals surface area contributed by atoms with Crippen LogP contribution in [-0.4, -0.2) is 9.97 Å². The smallest absolute Gasteiger partial charge is 0.119 e. The minimum absolute atomic E-state index is 0.551. The third kappa shape index (κ3) is 3.34. The second-order valence-corrected chi connectivity index (χ2v) is 7.55. The van der Waals surface area contributed by atoms with E-state index in [2.05, 4.69) is 34.2 Å². The number of H-pyrrole nitrogens is 1. The van der Waals surface area contributed by atoms with Crippen molar-refractivity contribution in [2.45, 2.75) is 13.5 Å². The van der Waals surface area contributed by atoms with Gasteiger partial charge in [0, 0.05) is 27.6 Å². The van der Waals surface area contributed by atoms with Crippen molar-refractivity contribution in [1.29, 1.82) is 0 Å². The highest BCUT2D eigenvalue weighted by Crippen LogP contribution is 2.36. The lowest BCUT2D eigenvalue weighted by atomic mass is 10.0. The fourth-order valence-electron chi connectivity index (χ4n) is 3.73. The van der Waals surface area contributed by atoms with Gasteiger partial charge in [-0.05, 0) is 48.4 Å². The fraction of sp³-hybridized carbons (Fsp3) is 0.0800. The lowest BCUT2D eigenvalue weighted by molar-refractivity contribution is 0.306. The predicted molar refractivity (Wildman–Crippen MR) is 120 cm³/mol. The monoisotopic (exact) mass is 398 g/mol. The molecule has 2 aromatic heterocycles. The lowest BCUT2D eigenvalue weighted by Crippen LogP contribution is -1.94. The van der Waals surface area contributed by atoms with E-state index < -0.39 is 0 Å². The van der Waals surface area contributed by atoms with Crippen molar-refractivity contribution in [3.63, 3.8) is 0 Å². The Morgan fingerprint density at radius 3 is 2.48 bits per heavy atom. The summed E-state index contributed by atoms with van der Waals surface area (Å²) in [6.07, 6.45) is 1.84. The summed E-state index contributed by atoms with van der Waals surface area (Å²) in [6, 6.07) is 24.3. The Bertz CT molecular complexity index is 1310. The maximum Gasteiger partial charge on any atom is 0.119 e. The molecule has 0 saturated carbocycles. The average molecular weight is 399 g/mol. The molecule has 5 aromatic rings. The van der Waals surface area contributed by atoms with Crippen LogP contribution in [0.2, 0.25) is 5.02 Å². The topological polar surface area (TPSA) is 37.9 Å². The number of aromatic amines is 1. The van der Waals surface area contributed by atoms with Gasteiger partial charge < -0.3 is 9.72 Å². The largest absolute Gasteiger partial charge is 0.489 e. The number of fused-ring (bicyclic) bond motifs is 3. The SMILES string of the molecule is Cc1nccc2c1[nH]c1c(-c3ccc(OCc4ccccc4)cc3)cc(Cl)cc12. The Morgan fingerprint density at radius 1 is 0.897 bits per heavy atom. The Balaban J connectivity index is 1.52. The summed E-state index contributed by atoms with van der Waals surface area (Å²) in [6.45, 7) is 2.56. The summed E-state index contributed by atoms with van der Waals surface area (Å²) in [4.78, 5) is 7.95. The molecule has 0 radical (unpaired) electrons. The number of rotatable bonds is 4. The summed E-state index contributed by atoms with van der Waals surface area (Å²) in [5.41, 5.74) is 6.40. The summed E-state index contributed by atoms with van der Waals surface area (Å²) < 4.78 is 5.92. The molecule has 3 aromatic carbocycles. The van der Waals surface area contributed by atoms with Gasteiger partial charge in [-0.2, -0.15) is 0 Å². The predicted octanol–water partition coefficient (Wildman–Crippen LogP) is 6.92. The zero-order valence-corrected chi connectivity index (χ0v) is 16.7. The van der Waals surface area contributed by atoms with Gasteiger partial charge in [0.25, 0.3) is 0 Å². The van der Waals surface area contributed by atoms with Crippen molar-refractivity contribution in [1.82, 2.24) is 9.97 Å². The number of pyridine rings is 1. The molecule has 5 rings (SSSR count). The number of hydrogen-bond donors (Lipinski definition) is 1. The van der Waals surface area contributed by atoms with Crippen LogP contribution in [0.3, 0.4) is 0 Å². The number of benzene rings is 3. The summed E-state index contributed by atoms with van der Waals surface area (Å²) in [5.74, 6) is 0.840. The molecule has 2 heterocycles. The van der Waals surface area contributed by atoms with E-state index in [4.69, 9.17) is 16.3 Å². The first-order valence-electron chi connectivity index (χ1n) is 9.53. The van der Waals surface area contributed by atoms with Gasteiger partial charge >= 0.3 is 0 Å². The van der Waals surface area contributed by atoms with Crippen LogP contribution in [0.25, 0.3) is 32.9 Å². The van der Waals surface area contributed by atoms with Crippen LogP contribution in [0.1, 0.15) is 11.3 Å². The number of hydrogen-bond acceptors (Lipinski definition) is 2. The summed E-state index contributed by atoms with van der Waals surface area (Å²) in [7, 11) is 0. The van der Waals surface area contributed by atoms with Crippen molar-refractivity contribution in [3.8, 4) is 16.9 Å². The van der Waals surface area contributed by atoms with Crippen molar-refractivity contribution in [2.24, 2.45) is 0 Å². The van der Waals surface area contributed by atoms with Gasteiger partial charge in [0.15, 0.2) is 0 Å². The molecule has 0 amide bonds. The van der Waals surface area contributed by atoms with E-state index in [0.29, 0.717) is 11.6 Å². The fourth-order valence-corrected chi connectivity index (χ4v) is 3.95. The molecule has 3 nitrogen and oxygen atoms in total. The number of nitrogens with one attached hydrogen (secondary N) is 1. The second-order valence-electron chi connectivity index (χ2n) is 7.12. The first-order valence-corrected chi connectivity index (χ1v) is 9.90. The van der Waals surface area contributed by atoms with Crippen LogP contribution in [-0.2, 0) is 6.61 Å². The van der Waals surface area contributed by atoms with Crippen molar-refractivity contribution < 1.29 is 4.74 Å². The molecule has 1 N–H and O–H groups in total. The maximum absolute atomic E-state index is 6.47. The number of halogens is 1. The van der Waals surface area contributed by atoms with Crippen LogP contribution >= 0.6 is 11.6 Å². The zero-order chi connectivity index (χ0) is 19.8. The molecule has 0 saturated heterocycles. The summed E-state index contributed by atoms with van der Waals surface area (Å²) in [5, 5.41) is 2.96. The molecule has 0 atom stereocenters. The third-order valence-electron chi connectivity index (χ3n) is 5.20. The van der Waals surface area contributed by atoms with E-state index in [1.807, 2.05) is 61.7 Å². The Morgan fingerprint density at radius 2 is 1.69 bits per heavy atom. The van der Waals surface area contributed by atoms with Gasteiger partial charge in [-0.1, -0.05) is 54.1 Å². The van der Waals surface area contributed by atoms with Crippen molar-refractivity contribution in [3.05, 3.63) is 95.3 Å². The molecule has 142 valence electrons. The van der Waals surface area contributed by atoms with Gasteiger partial charge in [0.1, 0.15) is 12.4 Å². The van der Waals surface area contributed by atoms with Crippen LogP contribution in [0.15, 0.2) is 79.0 Å². The van der Waals surface area contributed by atoms with Gasteiger partial charge in [-0.15, -0.1) is 0 Å². The highest BCUT2D eigenvalue weighted by Gasteiger charge is 2.13.